The summed E-state index contributed by atoms with van der Waals surface area (Å²) in [7, 11) is 1.62. The lowest BCUT2D eigenvalue weighted by atomic mass is 9.62. The second-order valence-corrected chi connectivity index (χ2v) is 5.26. The van der Waals surface area contributed by atoms with Gasteiger partial charge in [-0.05, 0) is 18.8 Å². The summed E-state index contributed by atoms with van der Waals surface area (Å²) >= 11 is 5.02. The number of hydrogen-bond donors (Lipinski definition) is 2. The van der Waals surface area contributed by atoms with Crippen molar-refractivity contribution in [2.24, 2.45) is 17.1 Å². The first-order valence-electron chi connectivity index (χ1n) is 6.18. The lowest BCUT2D eigenvalue weighted by molar-refractivity contribution is -0.133. The molecule has 0 aromatic rings. The Morgan fingerprint density at radius 3 is 2.61 bits per heavy atom. The minimum Gasteiger partial charge on any atom is -0.392 e. The van der Waals surface area contributed by atoms with Gasteiger partial charge in [-0.1, -0.05) is 19.1 Å². The maximum Gasteiger partial charge on any atom is 0.233 e. The molecule has 0 unspecified atom stereocenters. The molecule has 0 aliphatic heterocycles. The number of nitrogens with two attached hydrogens (primary N) is 1. The van der Waals surface area contributed by atoms with Gasteiger partial charge < -0.3 is 20.5 Å². The van der Waals surface area contributed by atoms with Crippen molar-refractivity contribution in [3.63, 3.8) is 0 Å². The molecule has 1 amide bonds. The van der Waals surface area contributed by atoms with Crippen LogP contribution in [0.15, 0.2) is 0 Å². The molecule has 1 saturated carbocycles. The van der Waals surface area contributed by atoms with E-state index in [9.17, 15) is 4.79 Å². The van der Waals surface area contributed by atoms with E-state index in [0.717, 1.165) is 12.8 Å². The molecular weight excluding hydrogens is 252 g/mol. The Bertz CT molecular complexity index is 304. The van der Waals surface area contributed by atoms with Crippen LogP contribution in [0.1, 0.15) is 19.8 Å². The van der Waals surface area contributed by atoms with Gasteiger partial charge in [0.25, 0.3) is 0 Å². The van der Waals surface area contributed by atoms with Crippen LogP contribution in [0.3, 0.4) is 0 Å². The molecule has 18 heavy (non-hydrogen) atoms. The predicted octanol–water partition coefficient (Wildman–Crippen LogP) is 0.468. The predicted molar refractivity (Wildman–Crippen MR) is 73.3 cm³/mol. The lowest BCUT2D eigenvalue weighted by Crippen LogP contribution is -2.56. The molecule has 0 aromatic heterocycles. The summed E-state index contributed by atoms with van der Waals surface area (Å²) in [5.74, 6) is 0.443. The number of thiocarbonyl (C=S) groups is 1. The fourth-order valence-electron chi connectivity index (χ4n) is 2.28. The van der Waals surface area contributed by atoms with Crippen LogP contribution in [-0.2, 0) is 14.3 Å². The number of nitrogens with one attached hydrogen (secondary N) is 1. The lowest BCUT2D eigenvalue weighted by Gasteiger charge is -2.44. The van der Waals surface area contributed by atoms with Gasteiger partial charge in [-0.3, -0.25) is 4.79 Å². The molecule has 0 heterocycles. The van der Waals surface area contributed by atoms with Crippen molar-refractivity contribution in [1.82, 2.24) is 5.32 Å². The van der Waals surface area contributed by atoms with E-state index in [1.54, 1.807) is 7.11 Å². The molecule has 0 bridgehead atoms. The summed E-state index contributed by atoms with van der Waals surface area (Å²) < 4.78 is 10.1. The Morgan fingerprint density at radius 2 is 2.11 bits per heavy atom. The average molecular weight is 274 g/mol. The van der Waals surface area contributed by atoms with E-state index in [1.807, 2.05) is 0 Å². The molecule has 0 aromatic carbocycles. The Morgan fingerprint density at radius 1 is 1.44 bits per heavy atom. The van der Waals surface area contributed by atoms with Crippen LogP contribution in [0.4, 0.5) is 0 Å². The topological polar surface area (TPSA) is 73.6 Å². The minimum absolute atomic E-state index is 0.0663. The highest BCUT2D eigenvalue weighted by molar-refractivity contribution is 7.80. The molecule has 3 N–H and O–H groups in total. The van der Waals surface area contributed by atoms with E-state index in [0.29, 0.717) is 37.3 Å². The standard InChI is InChI=1S/C12H22N2O3S/c1-9-7-12(8-9,10(13)18)11(15)14-3-4-17-6-5-16-2/h9H,3-8H2,1-2H3,(H2,13,18)(H,14,15). The van der Waals surface area contributed by atoms with Crippen molar-refractivity contribution in [1.29, 1.82) is 0 Å². The van der Waals surface area contributed by atoms with Crippen LogP contribution in [0.25, 0.3) is 0 Å². The smallest absolute Gasteiger partial charge is 0.233 e. The van der Waals surface area contributed by atoms with E-state index in [-0.39, 0.29) is 5.91 Å². The highest BCUT2D eigenvalue weighted by Gasteiger charge is 2.50. The van der Waals surface area contributed by atoms with E-state index < -0.39 is 5.41 Å². The molecule has 0 atom stereocenters. The van der Waals surface area contributed by atoms with Gasteiger partial charge in [0, 0.05) is 13.7 Å². The zero-order valence-electron chi connectivity index (χ0n) is 11.0. The van der Waals surface area contributed by atoms with E-state index in [2.05, 4.69) is 12.2 Å². The molecule has 0 spiro atoms. The van der Waals surface area contributed by atoms with Crippen molar-refractivity contribution in [2.45, 2.75) is 19.8 Å². The van der Waals surface area contributed by atoms with Crippen LogP contribution >= 0.6 is 12.2 Å². The van der Waals surface area contributed by atoms with Crippen LogP contribution in [0.5, 0.6) is 0 Å². The van der Waals surface area contributed by atoms with Crippen molar-refractivity contribution in [3.8, 4) is 0 Å². The number of hydrogen-bond acceptors (Lipinski definition) is 4. The first-order chi connectivity index (χ1) is 8.53. The summed E-state index contributed by atoms with van der Waals surface area (Å²) in [5.41, 5.74) is 5.06. The third-order valence-corrected chi connectivity index (χ3v) is 3.65. The van der Waals surface area contributed by atoms with Crippen molar-refractivity contribution >= 4 is 23.1 Å². The van der Waals surface area contributed by atoms with Gasteiger partial charge in [-0.2, -0.15) is 0 Å². The van der Waals surface area contributed by atoms with Crippen LogP contribution in [0.2, 0.25) is 0 Å². The second kappa shape index (κ2) is 7.01. The molecule has 1 aliphatic rings. The molecule has 1 fully saturated rings. The monoisotopic (exact) mass is 274 g/mol. The fraction of sp³-hybridized carbons (Fsp3) is 0.833. The molecule has 5 nitrogen and oxygen atoms in total. The summed E-state index contributed by atoms with van der Waals surface area (Å²) in [6, 6.07) is 0. The third kappa shape index (κ3) is 3.63. The number of methoxy groups -OCH3 is 1. The molecular formula is C12H22N2O3S. The number of ether oxygens (including phenoxy) is 2. The van der Waals surface area contributed by atoms with Crippen molar-refractivity contribution in [3.05, 3.63) is 0 Å². The Balaban J connectivity index is 2.25. The van der Waals surface area contributed by atoms with Gasteiger partial charge in [0.2, 0.25) is 5.91 Å². The van der Waals surface area contributed by atoms with Gasteiger partial charge in [0.05, 0.1) is 30.2 Å². The van der Waals surface area contributed by atoms with Crippen LogP contribution in [-0.4, -0.2) is 44.4 Å². The Hall–Kier alpha value is -0.720. The summed E-state index contributed by atoms with van der Waals surface area (Å²) in [4.78, 5) is 12.4. The largest absolute Gasteiger partial charge is 0.392 e. The second-order valence-electron chi connectivity index (χ2n) is 4.82. The molecule has 6 heteroatoms. The van der Waals surface area contributed by atoms with Crippen molar-refractivity contribution < 1.29 is 14.3 Å². The van der Waals surface area contributed by atoms with Crippen LogP contribution < -0.4 is 11.1 Å². The van der Waals surface area contributed by atoms with Gasteiger partial charge in [0.1, 0.15) is 0 Å². The molecule has 0 saturated heterocycles. The summed E-state index contributed by atoms with van der Waals surface area (Å²) in [6.07, 6.45) is 1.50. The minimum atomic E-state index is -0.624. The third-order valence-electron chi connectivity index (χ3n) is 3.26. The normalized spacial score (nSPS) is 26.4. The number of carbonyl (C=O) groups is 1. The quantitative estimate of drug-likeness (QED) is 0.497. The summed E-state index contributed by atoms with van der Waals surface area (Å²) in [6.45, 7) is 4.13. The van der Waals surface area contributed by atoms with Crippen molar-refractivity contribution in [2.75, 3.05) is 33.5 Å². The molecule has 104 valence electrons. The highest BCUT2D eigenvalue weighted by Crippen LogP contribution is 2.45. The first-order valence-corrected chi connectivity index (χ1v) is 6.58. The van der Waals surface area contributed by atoms with Gasteiger partial charge in [0.15, 0.2) is 0 Å². The number of amides is 1. The molecule has 0 radical (unpaired) electrons. The van der Waals surface area contributed by atoms with Gasteiger partial charge >= 0.3 is 0 Å². The highest BCUT2D eigenvalue weighted by atomic mass is 32.1. The van der Waals surface area contributed by atoms with E-state index in [4.69, 9.17) is 27.4 Å². The fourth-order valence-corrected chi connectivity index (χ4v) is 2.54. The zero-order valence-corrected chi connectivity index (χ0v) is 11.8. The Labute approximate surface area is 113 Å². The average Bonchev–Trinajstić information content (AvgIpc) is 2.28. The number of carbonyl (C=O) groups excluding carboxylic acids is 1. The van der Waals surface area contributed by atoms with Gasteiger partial charge in [-0.15, -0.1) is 0 Å². The van der Waals surface area contributed by atoms with Crippen LogP contribution in [0, 0.1) is 11.3 Å². The molecule has 1 aliphatic carbocycles. The summed E-state index contributed by atoms with van der Waals surface area (Å²) in [5, 5.41) is 2.83. The SMILES string of the molecule is COCCOCCNC(=O)C1(C(N)=S)CC(C)C1. The Kier molecular flexibility index (Phi) is 5.98. The maximum atomic E-state index is 12.1. The molecule has 1 rings (SSSR count). The van der Waals surface area contributed by atoms with E-state index >= 15 is 0 Å². The first kappa shape index (κ1) is 15.3. The zero-order chi connectivity index (χ0) is 13.6. The van der Waals surface area contributed by atoms with E-state index in [1.165, 1.54) is 0 Å². The number of rotatable bonds is 8. The maximum absolute atomic E-state index is 12.1. The van der Waals surface area contributed by atoms with Gasteiger partial charge in [-0.25, -0.2) is 0 Å².